The Kier molecular flexibility index (Phi) is 6.12. The maximum absolute atomic E-state index is 14.8. The fourth-order valence-corrected chi connectivity index (χ4v) is 12.4. The van der Waals surface area contributed by atoms with Crippen molar-refractivity contribution in [2.75, 3.05) is 6.54 Å². The molecule has 1 aromatic heterocycles. The number of fused-ring (bicyclic) bond motifs is 11. The number of hydrogen-bond acceptors (Lipinski definition) is 5. The van der Waals surface area contributed by atoms with Crippen molar-refractivity contribution in [2.45, 2.75) is 122 Å². The van der Waals surface area contributed by atoms with Crippen LogP contribution < -0.4 is 5.73 Å². The van der Waals surface area contributed by atoms with E-state index in [2.05, 4.69) is 77.8 Å². The van der Waals surface area contributed by atoms with Crippen molar-refractivity contribution in [1.82, 2.24) is 4.57 Å². The molecule has 2 aromatic rings. The van der Waals surface area contributed by atoms with Gasteiger partial charge in [-0.05, 0) is 113 Å². The summed E-state index contributed by atoms with van der Waals surface area (Å²) in [6.07, 6.45) is 9.99. The minimum atomic E-state index is -0.826. The summed E-state index contributed by atoms with van der Waals surface area (Å²) in [5.41, 5.74) is 12.3. The maximum Gasteiger partial charge on any atom is 0.192 e. The molecule has 1 aromatic carbocycles. The Morgan fingerprint density at radius 3 is 2.52 bits per heavy atom. The van der Waals surface area contributed by atoms with Crippen molar-refractivity contribution in [1.29, 1.82) is 0 Å². The van der Waals surface area contributed by atoms with E-state index >= 15 is 0 Å². The van der Waals surface area contributed by atoms with Crippen LogP contribution in [0.1, 0.15) is 126 Å². The van der Waals surface area contributed by atoms with Crippen LogP contribution in [0.4, 0.5) is 0 Å². The lowest BCUT2D eigenvalue weighted by Crippen LogP contribution is -2.62. The number of rotatable bonds is 3. The highest BCUT2D eigenvalue weighted by molar-refractivity contribution is 6.18. The van der Waals surface area contributed by atoms with Gasteiger partial charge in [0.2, 0.25) is 0 Å². The Labute approximate surface area is 273 Å². The number of ether oxygens (including phenoxy) is 1. The predicted molar refractivity (Wildman–Crippen MR) is 183 cm³/mol. The van der Waals surface area contributed by atoms with Crippen LogP contribution in [-0.2, 0) is 16.6 Å². The molecule has 6 nitrogen and oxygen atoms in total. The van der Waals surface area contributed by atoms with Crippen LogP contribution in [-0.4, -0.2) is 44.4 Å². The Morgan fingerprint density at radius 1 is 1.13 bits per heavy atom. The highest BCUT2D eigenvalue weighted by Gasteiger charge is 2.67. The Hall–Kier alpha value is -2.51. The van der Waals surface area contributed by atoms with Crippen molar-refractivity contribution in [3.8, 4) is 0 Å². The monoisotopic (exact) mass is 624 g/mol. The number of aliphatic hydroxyl groups is 2. The van der Waals surface area contributed by atoms with E-state index in [0.717, 1.165) is 59.9 Å². The fourth-order valence-electron chi connectivity index (χ4n) is 12.4. The number of aromatic nitrogens is 1. The maximum atomic E-state index is 14.8. The van der Waals surface area contributed by atoms with Crippen molar-refractivity contribution in [2.24, 2.45) is 34.3 Å². The summed E-state index contributed by atoms with van der Waals surface area (Å²) >= 11 is 0. The molecule has 46 heavy (non-hydrogen) atoms. The van der Waals surface area contributed by atoms with E-state index < -0.39 is 29.5 Å². The number of aliphatic hydroxyl groups excluding tert-OH is 2. The van der Waals surface area contributed by atoms with Crippen LogP contribution in [0, 0.1) is 28.6 Å². The van der Waals surface area contributed by atoms with Gasteiger partial charge in [-0.1, -0.05) is 45.1 Å². The molecule has 9 atom stereocenters. The van der Waals surface area contributed by atoms with Gasteiger partial charge in [0.1, 0.15) is 6.04 Å². The molecule has 2 unspecified atom stereocenters. The highest BCUT2D eigenvalue weighted by Crippen LogP contribution is 2.71. The van der Waals surface area contributed by atoms with Gasteiger partial charge in [0, 0.05) is 39.9 Å². The number of carbonyl (C=O) groups is 1. The van der Waals surface area contributed by atoms with Crippen LogP contribution in [0.5, 0.6) is 0 Å². The normalized spacial score (nSPS) is 41.3. The van der Waals surface area contributed by atoms with Crippen LogP contribution in [0.25, 0.3) is 16.5 Å². The molecule has 0 radical (unpaired) electrons. The van der Waals surface area contributed by atoms with E-state index in [1.807, 2.05) is 13.0 Å². The largest absolute Gasteiger partial charge is 0.392 e. The number of carbonyl (C=O) groups excluding carboxylic acids is 1. The van der Waals surface area contributed by atoms with E-state index in [-0.39, 0.29) is 33.9 Å². The Bertz CT molecular complexity index is 1810. The third kappa shape index (κ3) is 3.40. The van der Waals surface area contributed by atoms with Crippen LogP contribution in [0.2, 0.25) is 0 Å². The third-order valence-electron chi connectivity index (χ3n) is 14.2. The molecule has 0 saturated heterocycles. The van der Waals surface area contributed by atoms with Gasteiger partial charge in [-0.3, -0.25) is 4.79 Å². The van der Waals surface area contributed by atoms with Crippen LogP contribution >= 0.6 is 0 Å². The van der Waals surface area contributed by atoms with Gasteiger partial charge >= 0.3 is 0 Å². The van der Waals surface area contributed by atoms with Crippen molar-refractivity contribution >= 4 is 22.3 Å². The summed E-state index contributed by atoms with van der Waals surface area (Å²) in [6, 6.07) is 1.83. The zero-order valence-corrected chi connectivity index (χ0v) is 29.0. The Morgan fingerprint density at radius 2 is 1.85 bits per heavy atom. The molecule has 0 amide bonds. The van der Waals surface area contributed by atoms with E-state index in [9.17, 15) is 15.0 Å². The lowest BCUT2D eigenvalue weighted by Gasteiger charge is -2.64. The van der Waals surface area contributed by atoms with Gasteiger partial charge in [0.15, 0.2) is 5.78 Å². The van der Waals surface area contributed by atoms with Gasteiger partial charge in [-0.25, -0.2) is 0 Å². The van der Waals surface area contributed by atoms with Gasteiger partial charge in [-0.15, -0.1) is 0 Å². The molecular weight excluding hydrogens is 572 g/mol. The molecule has 6 heteroatoms. The number of Topliss-reactive ketones (excluding diaryl/α,β-unsaturated/α-hetero) is 1. The molecular formula is C40H52N2O4. The van der Waals surface area contributed by atoms with Gasteiger partial charge < -0.3 is 25.3 Å². The second kappa shape index (κ2) is 9.13. The van der Waals surface area contributed by atoms with Crippen molar-refractivity contribution in [3.05, 3.63) is 64.4 Å². The summed E-state index contributed by atoms with van der Waals surface area (Å²) in [5, 5.41) is 24.8. The first-order valence-electron chi connectivity index (χ1n) is 17.6. The first kappa shape index (κ1) is 30.8. The van der Waals surface area contributed by atoms with Crippen molar-refractivity contribution in [3.63, 3.8) is 0 Å². The summed E-state index contributed by atoms with van der Waals surface area (Å²) in [6.45, 7) is 22.3. The molecule has 0 spiro atoms. The minimum Gasteiger partial charge on any atom is -0.392 e. The second-order valence-corrected chi connectivity index (χ2v) is 17.5. The van der Waals surface area contributed by atoms with Gasteiger partial charge in [0.25, 0.3) is 0 Å². The molecule has 8 rings (SSSR count). The molecule has 2 aliphatic heterocycles. The lowest BCUT2D eigenvalue weighted by atomic mass is 9.40. The smallest absolute Gasteiger partial charge is 0.192 e. The number of ketones is 1. The molecule has 3 heterocycles. The first-order valence-corrected chi connectivity index (χ1v) is 17.6. The average Bonchev–Trinajstić information content (AvgIpc) is 3.62. The fraction of sp³-hybridized carbons (Fsp3) is 0.625. The molecule has 2 fully saturated rings. The quantitative estimate of drug-likeness (QED) is 0.316. The zero-order chi connectivity index (χ0) is 33.1. The predicted octanol–water partition coefficient (Wildman–Crippen LogP) is 7.11. The summed E-state index contributed by atoms with van der Waals surface area (Å²) in [4.78, 5) is 14.8. The van der Waals surface area contributed by atoms with E-state index in [0.29, 0.717) is 18.0 Å². The number of nitrogens with two attached hydrogens (primary N) is 1. The lowest BCUT2D eigenvalue weighted by molar-refractivity contribution is -0.145. The highest BCUT2D eigenvalue weighted by atomic mass is 16.5. The third-order valence-corrected chi connectivity index (χ3v) is 14.2. The summed E-state index contributed by atoms with van der Waals surface area (Å²) in [5.74, 6) is 0.530. The standard InChI is InChI=1S/C40H52N2O4/c1-20(2)31-34(45)29-28-22(25-19-36(3,4)46-37(5,6)30(25)33(28)44)18-23-24-17-21-11-12-26-38(7,14-10-16-41)27(43)13-15-39(26,8)40(21,9)35(24)42(31)32(23)29/h10,14,18-19,21,26-27,30-31,33,43-44H,1,11-13,15-17,41H2,2-9H3/t21?,26-,27-,30?,31-,33+,38-,39-,40+/m0/s1. The molecule has 246 valence electrons. The van der Waals surface area contributed by atoms with Crippen molar-refractivity contribution < 1.29 is 19.7 Å². The Balaban J connectivity index is 1.41. The van der Waals surface area contributed by atoms with Crippen LogP contribution in [0.15, 0.2) is 36.4 Å². The number of allylic oxidation sites excluding steroid dienone is 1. The van der Waals surface area contributed by atoms with Gasteiger partial charge in [-0.2, -0.15) is 0 Å². The number of hydrogen-bond donors (Lipinski definition) is 3. The topological polar surface area (TPSA) is 97.7 Å². The molecule has 0 bridgehead atoms. The molecule has 4 aliphatic carbocycles. The van der Waals surface area contributed by atoms with E-state index in [1.165, 1.54) is 16.6 Å². The SMILES string of the molecule is C=C(C)[C@H]1C(=O)c2c3c(cc4c5c(n1c24)[C@@]1(C)C(CC[C@H]2[C@](C)(C=CCN)[C@@H](O)CC[C@@]21C)C5)C1=CC(C)(C)OC(C)(C)C1[C@@H]3O. The minimum absolute atomic E-state index is 0.0581. The summed E-state index contributed by atoms with van der Waals surface area (Å²) in [7, 11) is 0. The first-order chi connectivity index (χ1) is 21.4. The van der Waals surface area contributed by atoms with E-state index in [1.54, 1.807) is 0 Å². The number of benzene rings is 1. The average molecular weight is 625 g/mol. The second-order valence-electron chi connectivity index (χ2n) is 17.5. The van der Waals surface area contributed by atoms with Crippen LogP contribution in [0.3, 0.4) is 0 Å². The van der Waals surface area contributed by atoms with E-state index in [4.69, 9.17) is 10.5 Å². The van der Waals surface area contributed by atoms with Gasteiger partial charge in [0.05, 0.1) is 34.5 Å². The zero-order valence-electron chi connectivity index (χ0n) is 29.0. The molecule has 6 aliphatic rings. The molecule has 4 N–H and O–H groups in total. The molecule has 2 saturated carbocycles. The number of nitrogens with zero attached hydrogens (tertiary/aromatic N) is 1. The summed E-state index contributed by atoms with van der Waals surface area (Å²) < 4.78 is 8.90.